The van der Waals surface area contributed by atoms with Crippen molar-refractivity contribution < 1.29 is 19.1 Å². The Labute approximate surface area is 175 Å². The second-order valence-electron chi connectivity index (χ2n) is 6.57. The molecule has 0 radical (unpaired) electrons. The van der Waals surface area contributed by atoms with E-state index in [1.165, 1.54) is 11.3 Å². The molecule has 148 valence electrons. The van der Waals surface area contributed by atoms with Gasteiger partial charge in [0, 0.05) is 4.88 Å². The average Bonchev–Trinajstić information content (AvgIpc) is 3.17. The smallest absolute Gasteiger partial charge is 0.325 e. The summed E-state index contributed by atoms with van der Waals surface area (Å²) >= 11 is 4.72. The summed E-state index contributed by atoms with van der Waals surface area (Å²) in [6.07, 6.45) is 0. The van der Waals surface area contributed by atoms with Crippen LogP contribution < -0.4 is 15.4 Å². The molecule has 0 saturated carbocycles. The van der Waals surface area contributed by atoms with Crippen LogP contribution in [0.1, 0.15) is 17.4 Å². The first kappa shape index (κ1) is 20.3. The summed E-state index contributed by atoms with van der Waals surface area (Å²) in [5.41, 5.74) is -0.0802. The molecule has 0 aliphatic carbocycles. The van der Waals surface area contributed by atoms with Crippen LogP contribution in [0, 0.1) is 6.92 Å². The summed E-state index contributed by atoms with van der Waals surface area (Å²) in [6, 6.07) is 10.6. The van der Waals surface area contributed by atoms with Crippen molar-refractivity contribution in [3.8, 4) is 5.75 Å². The predicted octanol–water partition coefficient (Wildman–Crippen LogP) is 2.78. The third-order valence-electron chi connectivity index (χ3n) is 4.33. The van der Waals surface area contributed by atoms with Crippen molar-refractivity contribution in [3.05, 3.63) is 50.6 Å². The Kier molecular flexibility index (Phi) is 6.04. The number of carbonyl (C=O) groups excluding carboxylic acids is 3. The zero-order valence-corrected chi connectivity index (χ0v) is 17.9. The third kappa shape index (κ3) is 4.36. The Hall–Kier alpha value is -2.39. The van der Waals surface area contributed by atoms with Gasteiger partial charge in [-0.3, -0.25) is 14.5 Å². The molecule has 1 unspecified atom stereocenters. The number of hydrogen-bond donors (Lipinski definition) is 2. The number of ether oxygens (including phenoxy) is 1. The molecule has 2 N–H and O–H groups in total. The van der Waals surface area contributed by atoms with Gasteiger partial charge in [-0.2, -0.15) is 0 Å². The molecule has 1 aromatic heterocycles. The third-order valence-corrected chi connectivity index (χ3v) is 6.17. The average molecular weight is 466 g/mol. The largest absolute Gasteiger partial charge is 0.492 e. The number of nitrogens with one attached hydrogen (secondary N) is 2. The van der Waals surface area contributed by atoms with E-state index in [0.717, 1.165) is 20.0 Å². The van der Waals surface area contributed by atoms with E-state index in [4.69, 9.17) is 4.74 Å². The SMILES string of the molecule is Cc1cccc(OCCNC(=O)CN2C(=O)NC(C)(c3ccc(Br)s3)C2=O)c1. The standard InChI is InChI=1S/C19H20BrN3O4S/c1-12-4-3-5-13(10-12)27-9-8-21-16(24)11-23-17(25)19(2,22-18(23)26)14-6-7-15(20)28-14/h3-7,10H,8-9,11H2,1-2H3,(H,21,24)(H,22,26). The van der Waals surface area contributed by atoms with Crippen LogP contribution in [-0.2, 0) is 15.1 Å². The molecule has 1 atom stereocenters. The van der Waals surface area contributed by atoms with Gasteiger partial charge in [0.1, 0.15) is 18.9 Å². The highest BCUT2D eigenvalue weighted by atomic mass is 79.9. The van der Waals surface area contributed by atoms with Crippen LogP contribution in [0.5, 0.6) is 5.75 Å². The minimum atomic E-state index is -1.16. The molecular formula is C19H20BrN3O4S. The predicted molar refractivity (Wildman–Crippen MR) is 109 cm³/mol. The lowest BCUT2D eigenvalue weighted by molar-refractivity contribution is -0.134. The molecule has 1 fully saturated rings. The maximum Gasteiger partial charge on any atom is 0.325 e. The van der Waals surface area contributed by atoms with Crippen molar-refractivity contribution in [1.29, 1.82) is 0 Å². The van der Waals surface area contributed by atoms with Crippen molar-refractivity contribution in [2.24, 2.45) is 0 Å². The zero-order valence-electron chi connectivity index (χ0n) is 15.5. The molecule has 4 amide bonds. The van der Waals surface area contributed by atoms with Crippen molar-refractivity contribution in [2.75, 3.05) is 19.7 Å². The van der Waals surface area contributed by atoms with Crippen LogP contribution in [0.4, 0.5) is 4.79 Å². The van der Waals surface area contributed by atoms with Crippen molar-refractivity contribution in [2.45, 2.75) is 19.4 Å². The number of benzene rings is 1. The number of nitrogens with zero attached hydrogens (tertiary/aromatic N) is 1. The topological polar surface area (TPSA) is 87.7 Å². The maximum absolute atomic E-state index is 12.8. The molecule has 0 spiro atoms. The number of halogens is 1. The Morgan fingerprint density at radius 2 is 2.11 bits per heavy atom. The van der Waals surface area contributed by atoms with Gasteiger partial charge >= 0.3 is 6.03 Å². The molecule has 1 aromatic carbocycles. The van der Waals surface area contributed by atoms with Crippen molar-refractivity contribution >= 4 is 45.1 Å². The van der Waals surface area contributed by atoms with Gasteiger partial charge in [0.2, 0.25) is 5.91 Å². The van der Waals surface area contributed by atoms with Gasteiger partial charge in [-0.1, -0.05) is 12.1 Å². The fourth-order valence-corrected chi connectivity index (χ4v) is 4.33. The quantitative estimate of drug-likeness (QED) is 0.486. The summed E-state index contributed by atoms with van der Waals surface area (Å²) in [6.45, 7) is 3.83. The monoisotopic (exact) mass is 465 g/mol. The number of hydrogen-bond acceptors (Lipinski definition) is 5. The summed E-state index contributed by atoms with van der Waals surface area (Å²) in [7, 11) is 0. The summed E-state index contributed by atoms with van der Waals surface area (Å²) < 4.78 is 6.42. The molecule has 2 aromatic rings. The fourth-order valence-electron chi connectivity index (χ4n) is 2.85. The first-order valence-electron chi connectivity index (χ1n) is 8.66. The minimum Gasteiger partial charge on any atom is -0.492 e. The van der Waals surface area contributed by atoms with Crippen LogP contribution in [0.25, 0.3) is 0 Å². The number of urea groups is 1. The van der Waals surface area contributed by atoms with E-state index >= 15 is 0 Å². The highest BCUT2D eigenvalue weighted by molar-refractivity contribution is 9.11. The Bertz CT molecular complexity index is 916. The Morgan fingerprint density at radius 1 is 1.32 bits per heavy atom. The van der Waals surface area contributed by atoms with Gasteiger partial charge in [-0.15, -0.1) is 11.3 Å². The number of carbonyl (C=O) groups is 3. The lowest BCUT2D eigenvalue weighted by Gasteiger charge is -2.20. The molecule has 28 heavy (non-hydrogen) atoms. The number of imide groups is 1. The number of thiophene rings is 1. The van der Waals surface area contributed by atoms with Crippen LogP contribution >= 0.6 is 27.3 Å². The molecule has 1 saturated heterocycles. The van der Waals surface area contributed by atoms with E-state index in [-0.39, 0.29) is 19.7 Å². The normalized spacial score (nSPS) is 18.9. The lowest BCUT2D eigenvalue weighted by atomic mass is 10.0. The van der Waals surface area contributed by atoms with Crippen molar-refractivity contribution in [3.63, 3.8) is 0 Å². The molecule has 2 heterocycles. The van der Waals surface area contributed by atoms with E-state index in [0.29, 0.717) is 4.88 Å². The van der Waals surface area contributed by atoms with E-state index in [1.54, 1.807) is 13.0 Å². The van der Waals surface area contributed by atoms with Crippen molar-refractivity contribution in [1.82, 2.24) is 15.5 Å². The molecule has 1 aliphatic heterocycles. The van der Waals surface area contributed by atoms with Gasteiger partial charge in [0.25, 0.3) is 5.91 Å². The molecule has 9 heteroatoms. The lowest BCUT2D eigenvalue weighted by Crippen LogP contribution is -2.43. The van der Waals surface area contributed by atoms with Gasteiger partial charge in [-0.25, -0.2) is 4.79 Å². The first-order valence-corrected chi connectivity index (χ1v) is 10.3. The van der Waals surface area contributed by atoms with Crippen LogP contribution in [0.2, 0.25) is 0 Å². The number of rotatable bonds is 7. The Morgan fingerprint density at radius 3 is 2.79 bits per heavy atom. The summed E-state index contributed by atoms with van der Waals surface area (Å²) in [5.74, 6) is -0.146. The van der Waals surface area contributed by atoms with Gasteiger partial charge < -0.3 is 15.4 Å². The summed E-state index contributed by atoms with van der Waals surface area (Å²) in [4.78, 5) is 38.8. The molecule has 3 rings (SSSR count). The zero-order chi connectivity index (χ0) is 20.3. The maximum atomic E-state index is 12.8. The highest BCUT2D eigenvalue weighted by Crippen LogP contribution is 2.35. The number of aryl methyl sites for hydroxylation is 1. The molecular weight excluding hydrogens is 446 g/mol. The first-order chi connectivity index (χ1) is 13.3. The molecule has 0 bridgehead atoms. The summed E-state index contributed by atoms with van der Waals surface area (Å²) in [5, 5.41) is 5.35. The minimum absolute atomic E-state index is 0.269. The second kappa shape index (κ2) is 8.32. The Balaban J connectivity index is 1.51. The second-order valence-corrected chi connectivity index (χ2v) is 9.03. The molecule has 7 nitrogen and oxygen atoms in total. The van der Waals surface area contributed by atoms with Gasteiger partial charge in [0.05, 0.1) is 10.3 Å². The van der Waals surface area contributed by atoms with Crippen LogP contribution in [-0.4, -0.2) is 42.4 Å². The van der Waals surface area contributed by atoms with E-state index in [9.17, 15) is 14.4 Å². The molecule has 1 aliphatic rings. The van der Waals surface area contributed by atoms with E-state index < -0.39 is 23.4 Å². The van der Waals surface area contributed by atoms with Gasteiger partial charge in [-0.05, 0) is 59.6 Å². The van der Waals surface area contributed by atoms with Crippen LogP contribution in [0.3, 0.4) is 0 Å². The van der Waals surface area contributed by atoms with E-state index in [1.807, 2.05) is 37.3 Å². The van der Waals surface area contributed by atoms with Gasteiger partial charge in [0.15, 0.2) is 5.54 Å². The fraction of sp³-hybridized carbons (Fsp3) is 0.316. The highest BCUT2D eigenvalue weighted by Gasteiger charge is 2.50. The van der Waals surface area contributed by atoms with Crippen LogP contribution in [0.15, 0.2) is 40.2 Å². The van der Waals surface area contributed by atoms with E-state index in [2.05, 4.69) is 26.6 Å². The number of amides is 4.